The first-order chi connectivity index (χ1) is 6.18. The van der Waals surface area contributed by atoms with Crippen molar-refractivity contribution in [1.82, 2.24) is 4.90 Å². The van der Waals surface area contributed by atoms with Crippen molar-refractivity contribution < 1.29 is 9.90 Å². The molecule has 1 rings (SSSR count). The molecular weight excluding hydrogens is 166 g/mol. The predicted octanol–water partition coefficient (Wildman–Crippen LogP) is 1.58. The van der Waals surface area contributed by atoms with Crippen molar-refractivity contribution in [3.05, 3.63) is 0 Å². The Morgan fingerprint density at radius 2 is 2.23 bits per heavy atom. The highest BCUT2D eigenvalue weighted by Gasteiger charge is 2.13. The van der Waals surface area contributed by atoms with Crippen LogP contribution in [0.25, 0.3) is 0 Å². The van der Waals surface area contributed by atoms with Gasteiger partial charge in [-0.25, -0.2) is 0 Å². The zero-order valence-corrected chi connectivity index (χ0v) is 8.33. The third kappa shape index (κ3) is 4.27. The molecule has 1 N–H and O–H groups in total. The van der Waals surface area contributed by atoms with Gasteiger partial charge in [-0.1, -0.05) is 6.92 Å². The SMILES string of the molecule is CC1CCCN(CCC(=O)O)CC1. The van der Waals surface area contributed by atoms with Crippen LogP contribution in [0.15, 0.2) is 0 Å². The minimum atomic E-state index is -0.683. The molecule has 3 heteroatoms. The number of hydrogen-bond acceptors (Lipinski definition) is 2. The second kappa shape index (κ2) is 5.22. The number of carbonyl (C=O) groups is 1. The van der Waals surface area contributed by atoms with Crippen molar-refractivity contribution in [1.29, 1.82) is 0 Å². The number of aliphatic carboxylic acids is 1. The topological polar surface area (TPSA) is 40.5 Å². The molecule has 0 amide bonds. The molecule has 0 radical (unpaired) electrons. The fourth-order valence-electron chi connectivity index (χ4n) is 1.80. The van der Waals surface area contributed by atoms with Crippen molar-refractivity contribution in [2.24, 2.45) is 5.92 Å². The Morgan fingerprint density at radius 1 is 1.46 bits per heavy atom. The summed E-state index contributed by atoms with van der Waals surface area (Å²) in [6.07, 6.45) is 4.03. The van der Waals surface area contributed by atoms with Crippen LogP contribution in [0.3, 0.4) is 0 Å². The van der Waals surface area contributed by atoms with Crippen molar-refractivity contribution in [3.8, 4) is 0 Å². The average molecular weight is 185 g/mol. The molecule has 0 aliphatic carbocycles. The van der Waals surface area contributed by atoms with Gasteiger partial charge in [0.25, 0.3) is 0 Å². The van der Waals surface area contributed by atoms with Gasteiger partial charge in [0.1, 0.15) is 0 Å². The van der Waals surface area contributed by atoms with Crippen LogP contribution in [0.4, 0.5) is 0 Å². The summed E-state index contributed by atoms with van der Waals surface area (Å²) in [7, 11) is 0. The summed E-state index contributed by atoms with van der Waals surface area (Å²) in [5.41, 5.74) is 0. The largest absolute Gasteiger partial charge is 0.481 e. The molecule has 1 atom stereocenters. The summed E-state index contributed by atoms with van der Waals surface area (Å²) in [5, 5.41) is 8.54. The van der Waals surface area contributed by atoms with E-state index in [0.717, 1.165) is 25.6 Å². The lowest BCUT2D eigenvalue weighted by Crippen LogP contribution is -2.27. The first kappa shape index (κ1) is 10.5. The van der Waals surface area contributed by atoms with Crippen LogP contribution in [0.5, 0.6) is 0 Å². The molecule has 1 unspecified atom stereocenters. The smallest absolute Gasteiger partial charge is 0.304 e. The highest BCUT2D eigenvalue weighted by Crippen LogP contribution is 2.16. The van der Waals surface area contributed by atoms with Crippen LogP contribution in [-0.4, -0.2) is 35.6 Å². The zero-order chi connectivity index (χ0) is 9.68. The van der Waals surface area contributed by atoms with E-state index in [4.69, 9.17) is 5.11 Å². The quantitative estimate of drug-likeness (QED) is 0.725. The van der Waals surface area contributed by atoms with Gasteiger partial charge in [-0.3, -0.25) is 4.79 Å². The van der Waals surface area contributed by atoms with Crippen molar-refractivity contribution in [3.63, 3.8) is 0 Å². The molecule has 1 aliphatic heterocycles. The van der Waals surface area contributed by atoms with E-state index in [9.17, 15) is 4.79 Å². The molecule has 0 bridgehead atoms. The molecular formula is C10H19NO2. The van der Waals surface area contributed by atoms with Gasteiger partial charge in [0, 0.05) is 6.54 Å². The molecule has 0 aromatic carbocycles. The molecule has 13 heavy (non-hydrogen) atoms. The van der Waals surface area contributed by atoms with Crippen molar-refractivity contribution >= 4 is 5.97 Å². The molecule has 1 heterocycles. The Hall–Kier alpha value is -0.570. The Balaban J connectivity index is 2.22. The summed E-state index contributed by atoms with van der Waals surface area (Å²) in [5.74, 6) is 0.132. The summed E-state index contributed by atoms with van der Waals surface area (Å²) in [6, 6.07) is 0. The van der Waals surface area contributed by atoms with Gasteiger partial charge >= 0.3 is 5.97 Å². The van der Waals surface area contributed by atoms with E-state index < -0.39 is 5.97 Å². The summed E-state index contributed by atoms with van der Waals surface area (Å²) in [4.78, 5) is 12.6. The average Bonchev–Trinajstić information content (AvgIpc) is 2.27. The van der Waals surface area contributed by atoms with E-state index >= 15 is 0 Å². The molecule has 0 aromatic heterocycles. The lowest BCUT2D eigenvalue weighted by Gasteiger charge is -2.18. The van der Waals surface area contributed by atoms with Gasteiger partial charge < -0.3 is 10.0 Å². The summed E-state index contributed by atoms with van der Waals surface area (Å²) >= 11 is 0. The molecule has 76 valence electrons. The van der Waals surface area contributed by atoms with Crippen molar-refractivity contribution in [2.45, 2.75) is 32.6 Å². The molecule has 0 aromatic rings. The second-order valence-electron chi connectivity index (χ2n) is 4.02. The number of hydrogen-bond donors (Lipinski definition) is 1. The van der Waals surface area contributed by atoms with Gasteiger partial charge in [0.05, 0.1) is 6.42 Å². The number of nitrogens with zero attached hydrogens (tertiary/aromatic N) is 1. The minimum absolute atomic E-state index is 0.286. The van der Waals surface area contributed by atoms with Crippen LogP contribution in [0, 0.1) is 5.92 Å². The first-order valence-electron chi connectivity index (χ1n) is 5.12. The molecule has 0 spiro atoms. The van der Waals surface area contributed by atoms with Crippen LogP contribution in [0.1, 0.15) is 32.6 Å². The van der Waals surface area contributed by atoms with Gasteiger partial charge in [0.2, 0.25) is 0 Å². The monoisotopic (exact) mass is 185 g/mol. The Kier molecular flexibility index (Phi) is 4.22. The van der Waals surface area contributed by atoms with E-state index in [2.05, 4.69) is 11.8 Å². The maximum atomic E-state index is 10.4. The third-order valence-electron chi connectivity index (χ3n) is 2.75. The van der Waals surface area contributed by atoms with Crippen molar-refractivity contribution in [2.75, 3.05) is 19.6 Å². The lowest BCUT2D eigenvalue weighted by atomic mass is 10.0. The van der Waals surface area contributed by atoms with Crippen LogP contribution < -0.4 is 0 Å². The highest BCUT2D eigenvalue weighted by atomic mass is 16.4. The lowest BCUT2D eigenvalue weighted by molar-refractivity contribution is -0.137. The molecule has 3 nitrogen and oxygen atoms in total. The fraction of sp³-hybridized carbons (Fsp3) is 0.900. The fourth-order valence-corrected chi connectivity index (χ4v) is 1.80. The molecule has 1 fully saturated rings. The zero-order valence-electron chi connectivity index (χ0n) is 8.33. The highest BCUT2D eigenvalue weighted by molar-refractivity contribution is 5.66. The number of carboxylic acids is 1. The summed E-state index contributed by atoms with van der Waals surface area (Å²) < 4.78 is 0. The number of carboxylic acid groups (broad SMARTS) is 1. The maximum Gasteiger partial charge on any atom is 0.304 e. The predicted molar refractivity (Wildman–Crippen MR) is 51.7 cm³/mol. The Labute approximate surface area is 79.7 Å². The molecule has 1 aliphatic rings. The van der Waals surface area contributed by atoms with Gasteiger partial charge in [0.15, 0.2) is 0 Å². The first-order valence-corrected chi connectivity index (χ1v) is 5.12. The Bertz CT molecular complexity index is 170. The molecule has 0 saturated carbocycles. The normalized spacial score (nSPS) is 25.5. The van der Waals surface area contributed by atoms with Gasteiger partial charge in [-0.15, -0.1) is 0 Å². The van der Waals surface area contributed by atoms with Gasteiger partial charge in [-0.05, 0) is 38.3 Å². The van der Waals surface area contributed by atoms with Crippen LogP contribution >= 0.6 is 0 Å². The standard InChI is InChI=1S/C10H19NO2/c1-9-3-2-6-11(7-4-9)8-5-10(12)13/h9H,2-8H2,1H3,(H,12,13). The Morgan fingerprint density at radius 3 is 2.92 bits per heavy atom. The minimum Gasteiger partial charge on any atom is -0.481 e. The summed E-state index contributed by atoms with van der Waals surface area (Å²) in [6.45, 7) is 5.16. The third-order valence-corrected chi connectivity index (χ3v) is 2.75. The van der Waals surface area contributed by atoms with Crippen LogP contribution in [-0.2, 0) is 4.79 Å². The van der Waals surface area contributed by atoms with Gasteiger partial charge in [-0.2, -0.15) is 0 Å². The van der Waals surface area contributed by atoms with E-state index in [0.29, 0.717) is 0 Å². The maximum absolute atomic E-state index is 10.4. The van der Waals surface area contributed by atoms with E-state index in [-0.39, 0.29) is 6.42 Å². The van der Waals surface area contributed by atoms with E-state index in [1.807, 2.05) is 0 Å². The van der Waals surface area contributed by atoms with E-state index in [1.165, 1.54) is 19.3 Å². The molecule has 1 saturated heterocycles. The number of rotatable bonds is 3. The second-order valence-corrected chi connectivity index (χ2v) is 4.02. The van der Waals surface area contributed by atoms with Crippen LogP contribution in [0.2, 0.25) is 0 Å². The van der Waals surface area contributed by atoms with E-state index in [1.54, 1.807) is 0 Å². The number of likely N-dealkylation sites (tertiary alicyclic amines) is 1.